The van der Waals surface area contributed by atoms with Gasteiger partial charge in [-0.15, -0.1) is 0 Å². The molecular weight excluding hydrogens is 308 g/mol. The van der Waals surface area contributed by atoms with Gasteiger partial charge in [0, 0.05) is 17.8 Å². The number of nitrogens with one attached hydrogen (secondary N) is 2. The maximum atomic E-state index is 12.4. The third-order valence-electron chi connectivity index (χ3n) is 3.79. The Labute approximate surface area is 139 Å². The van der Waals surface area contributed by atoms with Crippen LogP contribution in [-0.4, -0.2) is 23.5 Å². The van der Waals surface area contributed by atoms with Crippen molar-refractivity contribution in [2.75, 3.05) is 6.61 Å². The summed E-state index contributed by atoms with van der Waals surface area (Å²) in [7, 11) is 0. The molecule has 0 radical (unpaired) electrons. The summed E-state index contributed by atoms with van der Waals surface area (Å²) in [5.74, 6) is -1.05. The number of carbonyl (C=O) groups excluding carboxylic acids is 2. The Balaban J connectivity index is 2.37. The molecule has 2 rings (SSSR count). The predicted molar refractivity (Wildman–Crippen MR) is 89.8 cm³/mol. The van der Waals surface area contributed by atoms with Crippen LogP contribution in [0.15, 0.2) is 41.3 Å². The lowest BCUT2D eigenvalue weighted by Gasteiger charge is -2.20. The molecule has 1 aromatic carbocycles. The third-order valence-corrected chi connectivity index (χ3v) is 3.79. The molecule has 126 valence electrons. The summed E-state index contributed by atoms with van der Waals surface area (Å²) in [6.45, 7) is 5.73. The molecule has 2 aromatic rings. The minimum atomic E-state index is -0.934. The summed E-state index contributed by atoms with van der Waals surface area (Å²) in [6.07, 6.45) is 1.38. The zero-order valence-corrected chi connectivity index (χ0v) is 13.9. The highest BCUT2D eigenvalue weighted by Gasteiger charge is 2.26. The second kappa shape index (κ2) is 7.59. The molecule has 0 saturated heterocycles. The van der Waals surface area contributed by atoms with Crippen molar-refractivity contribution in [3.05, 3.63) is 69.1 Å². The maximum Gasteiger partial charge on any atom is 0.333 e. The number of ether oxygens (including phenoxy) is 1. The van der Waals surface area contributed by atoms with Crippen LogP contribution in [0.4, 0.5) is 0 Å². The average Bonchev–Trinajstić information content (AvgIpc) is 2.55. The van der Waals surface area contributed by atoms with Crippen molar-refractivity contribution in [1.29, 1.82) is 0 Å². The van der Waals surface area contributed by atoms with Crippen LogP contribution in [0.1, 0.15) is 40.0 Å². The van der Waals surface area contributed by atoms with Crippen molar-refractivity contribution in [1.82, 2.24) is 10.3 Å². The van der Waals surface area contributed by atoms with Crippen molar-refractivity contribution in [2.24, 2.45) is 0 Å². The van der Waals surface area contributed by atoms with Crippen molar-refractivity contribution in [3.8, 4) is 0 Å². The van der Waals surface area contributed by atoms with Gasteiger partial charge in [-0.05, 0) is 43.5 Å². The number of hydrogen-bond acceptors (Lipinski definition) is 4. The molecule has 0 aliphatic rings. The van der Waals surface area contributed by atoms with Crippen LogP contribution in [-0.2, 0) is 9.53 Å². The van der Waals surface area contributed by atoms with Gasteiger partial charge in [-0.3, -0.25) is 9.59 Å². The zero-order valence-electron chi connectivity index (χ0n) is 13.9. The van der Waals surface area contributed by atoms with Crippen molar-refractivity contribution in [3.63, 3.8) is 0 Å². The van der Waals surface area contributed by atoms with Crippen LogP contribution in [0.2, 0.25) is 0 Å². The Bertz CT molecular complexity index is 811. The Morgan fingerprint density at radius 2 is 2.00 bits per heavy atom. The molecule has 1 atom stereocenters. The van der Waals surface area contributed by atoms with E-state index in [0.717, 1.165) is 11.1 Å². The standard InChI is InChI=1S/C18H20N2O4/c1-4-24-18(23)16(14-7-5-6-11(2)12(14)3)20-17(22)13-8-9-19-15(21)10-13/h5-10,16H,4H2,1-3H3,(H,19,21)(H,20,22). The van der Waals surface area contributed by atoms with Gasteiger partial charge < -0.3 is 15.0 Å². The molecule has 1 unspecified atom stereocenters. The molecule has 0 aliphatic carbocycles. The number of H-pyrrole nitrogens is 1. The number of aromatic nitrogens is 1. The topological polar surface area (TPSA) is 88.3 Å². The van der Waals surface area contributed by atoms with Gasteiger partial charge in [0.25, 0.3) is 5.91 Å². The molecule has 0 fully saturated rings. The minimum absolute atomic E-state index is 0.179. The average molecular weight is 328 g/mol. The number of pyridine rings is 1. The quantitative estimate of drug-likeness (QED) is 0.822. The number of rotatable bonds is 5. The normalized spacial score (nSPS) is 11.6. The van der Waals surface area contributed by atoms with E-state index in [1.807, 2.05) is 26.0 Å². The maximum absolute atomic E-state index is 12.4. The van der Waals surface area contributed by atoms with Crippen molar-refractivity contribution in [2.45, 2.75) is 26.8 Å². The van der Waals surface area contributed by atoms with E-state index in [1.54, 1.807) is 13.0 Å². The Hall–Kier alpha value is -2.89. The van der Waals surface area contributed by atoms with E-state index in [-0.39, 0.29) is 17.7 Å². The van der Waals surface area contributed by atoms with Crippen molar-refractivity contribution >= 4 is 11.9 Å². The molecule has 2 N–H and O–H groups in total. The second-order valence-electron chi connectivity index (χ2n) is 5.39. The van der Waals surface area contributed by atoms with Crippen molar-refractivity contribution < 1.29 is 14.3 Å². The fraction of sp³-hybridized carbons (Fsp3) is 0.278. The van der Waals surface area contributed by atoms with Crippen LogP contribution in [0.25, 0.3) is 0 Å². The highest BCUT2D eigenvalue weighted by molar-refractivity contribution is 5.97. The first-order valence-corrected chi connectivity index (χ1v) is 7.66. The van der Waals surface area contributed by atoms with E-state index < -0.39 is 17.9 Å². The van der Waals surface area contributed by atoms with Gasteiger partial charge in [-0.25, -0.2) is 4.79 Å². The number of benzene rings is 1. The molecule has 6 nitrogen and oxygen atoms in total. The summed E-state index contributed by atoms with van der Waals surface area (Å²) in [5, 5.41) is 2.66. The Morgan fingerprint density at radius 3 is 2.67 bits per heavy atom. The molecule has 1 heterocycles. The van der Waals surface area contributed by atoms with E-state index in [1.165, 1.54) is 18.3 Å². The monoisotopic (exact) mass is 328 g/mol. The Kier molecular flexibility index (Phi) is 5.52. The highest BCUT2D eigenvalue weighted by Crippen LogP contribution is 2.22. The summed E-state index contributed by atoms with van der Waals surface area (Å²) >= 11 is 0. The first kappa shape index (κ1) is 17.5. The first-order valence-electron chi connectivity index (χ1n) is 7.66. The molecule has 6 heteroatoms. The number of carbonyl (C=O) groups is 2. The van der Waals surface area contributed by atoms with Gasteiger partial charge in [0.2, 0.25) is 5.56 Å². The number of esters is 1. The highest BCUT2D eigenvalue weighted by atomic mass is 16.5. The van der Waals surface area contributed by atoms with Crippen LogP contribution < -0.4 is 10.9 Å². The Morgan fingerprint density at radius 1 is 1.25 bits per heavy atom. The second-order valence-corrected chi connectivity index (χ2v) is 5.39. The molecular formula is C18H20N2O4. The lowest BCUT2D eigenvalue weighted by atomic mass is 9.97. The smallest absolute Gasteiger partial charge is 0.333 e. The van der Waals surface area contributed by atoms with Gasteiger partial charge in [0.05, 0.1) is 6.61 Å². The zero-order chi connectivity index (χ0) is 17.7. The predicted octanol–water partition coefficient (Wildman–Crippen LogP) is 2.03. The van der Waals surface area contributed by atoms with E-state index in [4.69, 9.17) is 4.74 Å². The van der Waals surface area contributed by atoms with Gasteiger partial charge in [0.15, 0.2) is 6.04 Å². The minimum Gasteiger partial charge on any atom is -0.464 e. The summed E-state index contributed by atoms with van der Waals surface area (Å²) < 4.78 is 5.09. The molecule has 1 amide bonds. The number of aryl methyl sites for hydroxylation is 1. The van der Waals surface area contributed by atoms with Crippen LogP contribution >= 0.6 is 0 Å². The summed E-state index contributed by atoms with van der Waals surface area (Å²) in [6, 6.07) is 7.25. The van der Waals surface area contributed by atoms with Crippen LogP contribution in [0.5, 0.6) is 0 Å². The molecule has 0 spiro atoms. The number of aromatic amines is 1. The van der Waals surface area contributed by atoms with Gasteiger partial charge in [-0.2, -0.15) is 0 Å². The third kappa shape index (κ3) is 3.90. The van der Waals surface area contributed by atoms with E-state index in [2.05, 4.69) is 10.3 Å². The first-order chi connectivity index (χ1) is 11.4. The van der Waals surface area contributed by atoms with E-state index in [9.17, 15) is 14.4 Å². The lowest BCUT2D eigenvalue weighted by Crippen LogP contribution is -2.36. The number of amides is 1. The fourth-order valence-electron chi connectivity index (χ4n) is 2.38. The lowest BCUT2D eigenvalue weighted by molar-refractivity contribution is -0.145. The summed E-state index contributed by atoms with van der Waals surface area (Å²) in [5.41, 5.74) is 2.38. The van der Waals surface area contributed by atoms with Gasteiger partial charge in [-0.1, -0.05) is 18.2 Å². The van der Waals surface area contributed by atoms with Crippen LogP contribution in [0.3, 0.4) is 0 Å². The van der Waals surface area contributed by atoms with Crippen LogP contribution in [0, 0.1) is 13.8 Å². The number of hydrogen-bond donors (Lipinski definition) is 2. The SMILES string of the molecule is CCOC(=O)C(NC(=O)c1cc[nH]c(=O)c1)c1cccc(C)c1C. The van der Waals surface area contributed by atoms with E-state index >= 15 is 0 Å². The largest absolute Gasteiger partial charge is 0.464 e. The molecule has 0 saturated carbocycles. The molecule has 0 bridgehead atoms. The van der Waals surface area contributed by atoms with Gasteiger partial charge in [0.1, 0.15) is 0 Å². The fourth-order valence-corrected chi connectivity index (χ4v) is 2.38. The molecule has 24 heavy (non-hydrogen) atoms. The molecule has 0 aliphatic heterocycles. The van der Waals surface area contributed by atoms with E-state index in [0.29, 0.717) is 5.56 Å². The summed E-state index contributed by atoms with van der Waals surface area (Å²) in [4.78, 5) is 38.6. The van der Waals surface area contributed by atoms with Gasteiger partial charge >= 0.3 is 5.97 Å². The molecule has 1 aromatic heterocycles.